The van der Waals surface area contributed by atoms with Gasteiger partial charge in [0.1, 0.15) is 29.6 Å². The number of hydrogen-bond acceptors (Lipinski definition) is 8. The molecular formula is C30H38O8. The molecule has 0 heterocycles. The van der Waals surface area contributed by atoms with E-state index in [2.05, 4.69) is 6.08 Å². The molecule has 8 heteroatoms. The monoisotopic (exact) mass is 526 g/mol. The lowest BCUT2D eigenvalue weighted by Gasteiger charge is -2.12. The Morgan fingerprint density at radius 2 is 1.05 bits per heavy atom. The molecule has 0 aliphatic carbocycles. The number of hydrogen-bond donors (Lipinski definition) is 0. The molecule has 2 aromatic rings. The number of rotatable bonds is 10. The summed E-state index contributed by atoms with van der Waals surface area (Å²) < 4.78 is 25.8. The molecule has 0 radical (unpaired) electrons. The summed E-state index contributed by atoms with van der Waals surface area (Å²) in [6, 6.07) is 10.7. The summed E-state index contributed by atoms with van der Waals surface area (Å²) >= 11 is 0. The molecule has 0 saturated heterocycles. The highest BCUT2D eigenvalue weighted by molar-refractivity contribution is 5.71. The van der Waals surface area contributed by atoms with Gasteiger partial charge < -0.3 is 23.7 Å². The molecular weight excluding hydrogens is 488 g/mol. The molecule has 0 aliphatic rings. The van der Waals surface area contributed by atoms with E-state index < -0.39 is 0 Å². The molecule has 0 fully saturated rings. The van der Waals surface area contributed by atoms with Crippen LogP contribution in [0.3, 0.4) is 0 Å². The third kappa shape index (κ3) is 11.8. The maximum atomic E-state index is 11.1. The van der Waals surface area contributed by atoms with Gasteiger partial charge in [0.25, 0.3) is 0 Å². The summed E-state index contributed by atoms with van der Waals surface area (Å²) in [5, 5.41) is 0. The van der Waals surface area contributed by atoms with Crippen molar-refractivity contribution in [3.8, 4) is 23.0 Å². The van der Waals surface area contributed by atoms with Crippen LogP contribution < -0.4 is 18.9 Å². The molecule has 0 spiro atoms. The van der Waals surface area contributed by atoms with Gasteiger partial charge in [-0.25, -0.2) is 0 Å². The molecule has 0 unspecified atom stereocenters. The van der Waals surface area contributed by atoms with E-state index in [1.807, 2.05) is 39.0 Å². The van der Waals surface area contributed by atoms with Gasteiger partial charge in [-0.3, -0.25) is 14.4 Å². The standard InChI is InChI=1S/C16H20O5.C14H18O3/c1-11(10-20-12(2)17)8-9-14-15(19-4)6-5-7-16(14)21-13(3)18;1-10(2)8-9-12-13(16-4)6-5-7-14(12)17-11(3)15/h5-8H,9-10H2,1-4H3;5-8H,9H2,1-4H3. The molecule has 0 aromatic heterocycles. The van der Waals surface area contributed by atoms with Gasteiger partial charge in [0.05, 0.1) is 14.2 Å². The van der Waals surface area contributed by atoms with Crippen molar-refractivity contribution in [3.05, 3.63) is 70.8 Å². The van der Waals surface area contributed by atoms with E-state index in [-0.39, 0.29) is 24.5 Å². The van der Waals surface area contributed by atoms with Gasteiger partial charge in [-0.05, 0) is 63.5 Å². The van der Waals surface area contributed by atoms with Crippen LogP contribution >= 0.6 is 0 Å². The Morgan fingerprint density at radius 3 is 1.42 bits per heavy atom. The maximum absolute atomic E-state index is 11.1. The van der Waals surface area contributed by atoms with Crippen LogP contribution in [0.25, 0.3) is 0 Å². The van der Waals surface area contributed by atoms with E-state index in [1.54, 1.807) is 38.5 Å². The molecule has 0 aliphatic heterocycles. The molecule has 8 nitrogen and oxygen atoms in total. The lowest BCUT2D eigenvalue weighted by Crippen LogP contribution is -2.05. The van der Waals surface area contributed by atoms with Gasteiger partial charge in [-0.15, -0.1) is 0 Å². The minimum absolute atomic E-state index is 0.243. The van der Waals surface area contributed by atoms with Gasteiger partial charge in [0.15, 0.2) is 0 Å². The summed E-state index contributed by atoms with van der Waals surface area (Å²) in [5.41, 5.74) is 3.79. The quantitative estimate of drug-likeness (QED) is 0.218. The Kier molecular flexibility index (Phi) is 14.0. The Hall–Kier alpha value is -4.07. The minimum Gasteiger partial charge on any atom is -0.496 e. The average molecular weight is 527 g/mol. The van der Waals surface area contributed by atoms with E-state index in [1.165, 1.54) is 26.3 Å². The van der Waals surface area contributed by atoms with Crippen LogP contribution in [0.2, 0.25) is 0 Å². The predicted octanol–water partition coefficient (Wildman–Crippen LogP) is 5.80. The van der Waals surface area contributed by atoms with Gasteiger partial charge >= 0.3 is 17.9 Å². The first-order valence-electron chi connectivity index (χ1n) is 12.1. The van der Waals surface area contributed by atoms with Crippen LogP contribution in [0, 0.1) is 0 Å². The van der Waals surface area contributed by atoms with Gasteiger partial charge in [0, 0.05) is 31.9 Å². The summed E-state index contributed by atoms with van der Waals surface area (Å²) in [4.78, 5) is 32.9. The van der Waals surface area contributed by atoms with Crippen molar-refractivity contribution in [1.82, 2.24) is 0 Å². The van der Waals surface area contributed by atoms with Crippen molar-refractivity contribution < 1.29 is 38.1 Å². The van der Waals surface area contributed by atoms with Gasteiger partial charge in [0.2, 0.25) is 0 Å². The summed E-state index contributed by atoms with van der Waals surface area (Å²) in [7, 11) is 3.17. The molecule has 0 N–H and O–H groups in total. The fraction of sp³-hybridized carbons (Fsp3) is 0.367. The van der Waals surface area contributed by atoms with Crippen molar-refractivity contribution >= 4 is 17.9 Å². The van der Waals surface area contributed by atoms with Crippen molar-refractivity contribution in [3.63, 3.8) is 0 Å². The number of carbonyl (C=O) groups excluding carboxylic acids is 3. The second kappa shape index (κ2) is 16.6. The summed E-state index contributed by atoms with van der Waals surface area (Å²) in [5.74, 6) is 1.39. The van der Waals surface area contributed by atoms with E-state index in [0.717, 1.165) is 22.4 Å². The first kappa shape index (κ1) is 32.0. The number of esters is 3. The molecule has 0 saturated carbocycles. The first-order chi connectivity index (χ1) is 18.0. The van der Waals surface area contributed by atoms with E-state index in [0.29, 0.717) is 30.1 Å². The van der Waals surface area contributed by atoms with Crippen molar-refractivity contribution in [2.75, 3.05) is 20.8 Å². The first-order valence-corrected chi connectivity index (χ1v) is 12.1. The molecule has 0 amide bonds. The van der Waals surface area contributed by atoms with Crippen LogP contribution in [-0.2, 0) is 32.0 Å². The molecule has 2 rings (SSSR count). The van der Waals surface area contributed by atoms with Crippen LogP contribution in [0.4, 0.5) is 0 Å². The Morgan fingerprint density at radius 1 is 0.632 bits per heavy atom. The SMILES string of the molecule is COc1cccc(OC(C)=O)c1CC=C(C)C.COc1cccc(OC(C)=O)c1CC=C(C)COC(C)=O. The van der Waals surface area contributed by atoms with Crippen molar-refractivity contribution in [2.45, 2.75) is 54.4 Å². The topological polar surface area (TPSA) is 97.4 Å². The van der Waals surface area contributed by atoms with Crippen molar-refractivity contribution in [1.29, 1.82) is 0 Å². The molecule has 2 aromatic carbocycles. The zero-order chi connectivity index (χ0) is 28.7. The zero-order valence-corrected chi connectivity index (χ0v) is 23.5. The lowest BCUT2D eigenvalue weighted by molar-refractivity contribution is -0.140. The second-order valence-corrected chi connectivity index (χ2v) is 8.58. The van der Waals surface area contributed by atoms with Crippen LogP contribution in [-0.4, -0.2) is 38.7 Å². The highest BCUT2D eigenvalue weighted by Crippen LogP contribution is 2.30. The van der Waals surface area contributed by atoms with E-state index in [9.17, 15) is 14.4 Å². The third-order valence-corrected chi connectivity index (χ3v) is 5.00. The highest BCUT2D eigenvalue weighted by atomic mass is 16.5. The lowest BCUT2D eigenvalue weighted by atomic mass is 10.1. The smallest absolute Gasteiger partial charge is 0.308 e. The van der Waals surface area contributed by atoms with E-state index >= 15 is 0 Å². The Balaban J connectivity index is 0.000000389. The summed E-state index contributed by atoms with van der Waals surface area (Å²) in [6.07, 6.45) is 5.19. The van der Waals surface area contributed by atoms with Gasteiger partial charge in [-0.1, -0.05) is 29.9 Å². The predicted molar refractivity (Wildman–Crippen MR) is 146 cm³/mol. The number of ether oxygens (including phenoxy) is 5. The molecule has 0 atom stereocenters. The van der Waals surface area contributed by atoms with E-state index in [4.69, 9.17) is 23.7 Å². The normalized spacial score (nSPS) is 10.4. The van der Waals surface area contributed by atoms with Crippen molar-refractivity contribution in [2.24, 2.45) is 0 Å². The fourth-order valence-corrected chi connectivity index (χ4v) is 3.23. The number of allylic oxidation sites excluding steroid dienone is 3. The number of methoxy groups -OCH3 is 2. The molecule has 206 valence electrons. The van der Waals surface area contributed by atoms with Crippen LogP contribution in [0.5, 0.6) is 23.0 Å². The van der Waals surface area contributed by atoms with Gasteiger partial charge in [-0.2, -0.15) is 0 Å². The molecule has 0 bridgehead atoms. The number of carbonyl (C=O) groups is 3. The largest absolute Gasteiger partial charge is 0.496 e. The minimum atomic E-state index is -0.384. The molecule has 38 heavy (non-hydrogen) atoms. The summed E-state index contributed by atoms with van der Waals surface area (Å²) in [6.45, 7) is 10.3. The fourth-order valence-electron chi connectivity index (χ4n) is 3.23. The second-order valence-electron chi connectivity index (χ2n) is 8.58. The average Bonchev–Trinajstić information content (AvgIpc) is 2.85. The maximum Gasteiger partial charge on any atom is 0.308 e. The Labute approximate surface area is 225 Å². The third-order valence-electron chi connectivity index (χ3n) is 5.00. The van der Waals surface area contributed by atoms with Crippen LogP contribution in [0.1, 0.15) is 52.7 Å². The Bertz CT molecular complexity index is 1160. The number of benzene rings is 2. The highest BCUT2D eigenvalue weighted by Gasteiger charge is 2.12. The zero-order valence-electron chi connectivity index (χ0n) is 23.5. The van der Waals surface area contributed by atoms with Crippen LogP contribution in [0.15, 0.2) is 59.7 Å².